The maximum Gasteiger partial charge on any atom is 0.303 e. The zero-order valence-electron chi connectivity index (χ0n) is 28.5. The smallest absolute Gasteiger partial charge is 0.303 e. The van der Waals surface area contributed by atoms with Crippen LogP contribution in [-0.2, 0) is 21.5 Å². The highest BCUT2D eigenvalue weighted by Crippen LogP contribution is 2.66. The van der Waals surface area contributed by atoms with Crippen molar-refractivity contribution in [2.45, 2.75) is 88.3 Å². The van der Waals surface area contributed by atoms with Gasteiger partial charge in [-0.05, 0) is 92.9 Å². The van der Waals surface area contributed by atoms with E-state index in [0.29, 0.717) is 12.5 Å². The summed E-state index contributed by atoms with van der Waals surface area (Å²) in [5.41, 5.74) is 5.33. The van der Waals surface area contributed by atoms with Crippen LogP contribution in [0.2, 0.25) is 0 Å². The normalized spacial score (nSPS) is 27.2. The number of amides is 2. The summed E-state index contributed by atoms with van der Waals surface area (Å²) in [5.74, 6) is 0.826. The van der Waals surface area contributed by atoms with Crippen molar-refractivity contribution >= 4 is 32.9 Å². The Morgan fingerprint density at radius 3 is 2.38 bits per heavy atom. The van der Waals surface area contributed by atoms with Crippen LogP contribution in [0.5, 0.6) is 5.75 Å². The standard InChI is InChI=1S/C37H47N5O5S/c1-39(2)48(45,46)38-35(43)24-13-15-29-32(17-24)41-22-37(36(44)42-25-11-8-12-26(42)21-40(3)20-25)19-31(37)30-18-27(47-4)14-16-28(30)34(41)33(29)23-9-6-5-7-10-23/h13-18,23,25-26,31H,5-12,19-22H2,1-4H3,(H,38,43). The second kappa shape index (κ2) is 11.6. The maximum absolute atomic E-state index is 15.1. The second-order valence-corrected chi connectivity index (χ2v) is 17.1. The fourth-order valence-electron chi connectivity index (χ4n) is 9.60. The van der Waals surface area contributed by atoms with Crippen LogP contribution in [-0.4, -0.2) is 92.3 Å². The molecule has 4 unspecified atom stereocenters. The number of nitrogens with one attached hydrogen (secondary N) is 1. The molecular weight excluding hydrogens is 627 g/mol. The summed E-state index contributed by atoms with van der Waals surface area (Å²) >= 11 is 0. The van der Waals surface area contributed by atoms with Gasteiger partial charge >= 0.3 is 10.2 Å². The van der Waals surface area contributed by atoms with Crippen molar-refractivity contribution in [1.29, 1.82) is 0 Å². The van der Waals surface area contributed by atoms with Crippen LogP contribution < -0.4 is 9.46 Å². The molecule has 8 rings (SSSR count). The summed E-state index contributed by atoms with van der Waals surface area (Å²) in [7, 11) is 2.69. The Balaban J connectivity index is 1.32. The molecule has 256 valence electrons. The molecule has 0 radical (unpaired) electrons. The van der Waals surface area contributed by atoms with Gasteiger partial charge in [0.2, 0.25) is 5.91 Å². The first-order valence-corrected chi connectivity index (χ1v) is 19.1. The molecule has 5 aliphatic rings. The molecule has 2 bridgehead atoms. The van der Waals surface area contributed by atoms with E-state index in [1.807, 2.05) is 18.2 Å². The van der Waals surface area contributed by atoms with Crippen molar-refractivity contribution in [1.82, 2.24) is 23.4 Å². The molecule has 1 N–H and O–H groups in total. The number of likely N-dealkylation sites (tertiary alicyclic amines) is 1. The van der Waals surface area contributed by atoms with Crippen molar-refractivity contribution in [3.63, 3.8) is 0 Å². The second-order valence-electron chi connectivity index (χ2n) is 15.2. The Morgan fingerprint density at radius 1 is 0.958 bits per heavy atom. The Hall–Kier alpha value is -3.41. The van der Waals surface area contributed by atoms with Crippen molar-refractivity contribution in [3.8, 4) is 17.0 Å². The summed E-state index contributed by atoms with van der Waals surface area (Å²) in [5, 5.41) is 1.09. The lowest BCUT2D eigenvalue weighted by molar-refractivity contribution is -0.149. The summed E-state index contributed by atoms with van der Waals surface area (Å²) in [6.45, 7) is 2.34. The monoisotopic (exact) mass is 673 g/mol. The number of fused-ring (bicyclic) bond motifs is 9. The predicted octanol–water partition coefficient (Wildman–Crippen LogP) is 5.08. The number of benzene rings is 2. The molecule has 4 fully saturated rings. The molecule has 2 aliphatic carbocycles. The Bertz CT molecular complexity index is 1900. The van der Waals surface area contributed by atoms with Crippen LogP contribution in [0.25, 0.3) is 22.2 Å². The quantitative estimate of drug-likeness (QED) is 0.392. The first-order chi connectivity index (χ1) is 23.0. The number of carbonyl (C=O) groups is 2. The summed E-state index contributed by atoms with van der Waals surface area (Å²) in [6.07, 6.45) is 9.78. The Kier molecular flexibility index (Phi) is 7.69. The number of carbonyl (C=O) groups excluding carboxylic acids is 2. The van der Waals surface area contributed by atoms with Gasteiger partial charge in [0.15, 0.2) is 0 Å². The van der Waals surface area contributed by atoms with Gasteiger partial charge in [-0.15, -0.1) is 0 Å². The lowest BCUT2D eigenvalue weighted by Gasteiger charge is -2.50. The fraction of sp³-hybridized carbons (Fsp3) is 0.568. The van der Waals surface area contributed by atoms with E-state index in [-0.39, 0.29) is 29.5 Å². The van der Waals surface area contributed by atoms with Crippen LogP contribution in [0.4, 0.5) is 0 Å². The molecule has 2 amide bonds. The zero-order valence-corrected chi connectivity index (χ0v) is 29.3. The van der Waals surface area contributed by atoms with Gasteiger partial charge in [-0.1, -0.05) is 25.3 Å². The van der Waals surface area contributed by atoms with Crippen LogP contribution in [0.15, 0.2) is 36.4 Å². The van der Waals surface area contributed by atoms with Gasteiger partial charge < -0.3 is 19.1 Å². The molecular formula is C37H47N5O5S. The highest BCUT2D eigenvalue weighted by Gasteiger charge is 2.65. The Morgan fingerprint density at radius 2 is 1.69 bits per heavy atom. The minimum absolute atomic E-state index is 0.0707. The summed E-state index contributed by atoms with van der Waals surface area (Å²) < 4.78 is 36.5. The molecule has 4 atom stereocenters. The lowest BCUT2D eigenvalue weighted by atomic mass is 9.81. The number of piperazine rings is 1. The molecule has 48 heavy (non-hydrogen) atoms. The molecule has 2 aromatic carbocycles. The van der Waals surface area contributed by atoms with Crippen LogP contribution >= 0.6 is 0 Å². The van der Waals surface area contributed by atoms with E-state index in [0.717, 1.165) is 83.8 Å². The predicted molar refractivity (Wildman–Crippen MR) is 185 cm³/mol. The van der Waals surface area contributed by atoms with Gasteiger partial charge in [-0.3, -0.25) is 9.59 Å². The van der Waals surface area contributed by atoms with E-state index < -0.39 is 21.5 Å². The zero-order chi connectivity index (χ0) is 33.5. The first kappa shape index (κ1) is 31.8. The number of likely N-dealkylation sites (N-methyl/N-ethyl adjacent to an activating group) is 1. The van der Waals surface area contributed by atoms with Crippen LogP contribution in [0.1, 0.15) is 91.1 Å². The number of piperidine rings is 1. The number of ether oxygens (including phenoxy) is 1. The molecule has 11 heteroatoms. The van der Waals surface area contributed by atoms with Gasteiger partial charge in [0.05, 0.1) is 18.2 Å². The number of hydrogen-bond acceptors (Lipinski definition) is 6. The third kappa shape index (κ3) is 4.98. The van der Waals surface area contributed by atoms with Gasteiger partial charge in [-0.25, -0.2) is 4.72 Å². The highest BCUT2D eigenvalue weighted by molar-refractivity contribution is 7.87. The molecule has 4 heterocycles. The molecule has 2 saturated carbocycles. The van der Waals surface area contributed by atoms with E-state index in [4.69, 9.17) is 4.74 Å². The van der Waals surface area contributed by atoms with Crippen molar-refractivity contribution in [2.75, 3.05) is 41.3 Å². The minimum atomic E-state index is -3.97. The Labute approximate surface area is 283 Å². The molecule has 3 aromatic rings. The maximum atomic E-state index is 15.1. The fourth-order valence-corrected chi connectivity index (χ4v) is 10.1. The van der Waals surface area contributed by atoms with E-state index in [2.05, 4.69) is 38.3 Å². The molecule has 0 spiro atoms. The number of rotatable bonds is 6. The van der Waals surface area contributed by atoms with E-state index in [1.54, 1.807) is 13.2 Å². The van der Waals surface area contributed by atoms with E-state index in [1.165, 1.54) is 44.5 Å². The molecule has 3 aliphatic heterocycles. The van der Waals surface area contributed by atoms with Crippen molar-refractivity contribution < 1.29 is 22.7 Å². The van der Waals surface area contributed by atoms with Crippen LogP contribution in [0, 0.1) is 5.41 Å². The average Bonchev–Trinajstić information content (AvgIpc) is 3.73. The third-order valence-electron chi connectivity index (χ3n) is 12.1. The molecule has 1 aromatic heterocycles. The van der Waals surface area contributed by atoms with Gasteiger partial charge in [-0.2, -0.15) is 12.7 Å². The van der Waals surface area contributed by atoms with Gasteiger partial charge in [0, 0.05) is 73.8 Å². The van der Waals surface area contributed by atoms with E-state index in [9.17, 15) is 13.2 Å². The average molecular weight is 674 g/mol. The highest BCUT2D eigenvalue weighted by atomic mass is 32.2. The number of methoxy groups -OCH3 is 1. The van der Waals surface area contributed by atoms with Gasteiger partial charge in [0.25, 0.3) is 5.91 Å². The first-order valence-electron chi connectivity index (χ1n) is 17.6. The van der Waals surface area contributed by atoms with E-state index >= 15 is 4.79 Å². The van der Waals surface area contributed by atoms with Crippen molar-refractivity contribution in [2.24, 2.45) is 5.41 Å². The summed E-state index contributed by atoms with van der Waals surface area (Å²) in [6, 6.07) is 12.4. The number of nitrogens with zero attached hydrogens (tertiary/aromatic N) is 4. The molecule has 2 saturated heterocycles. The summed E-state index contributed by atoms with van der Waals surface area (Å²) in [4.78, 5) is 33.2. The lowest BCUT2D eigenvalue weighted by Crippen LogP contribution is -2.63. The minimum Gasteiger partial charge on any atom is -0.497 e. The topological polar surface area (TPSA) is 104 Å². The number of aromatic nitrogens is 1. The third-order valence-corrected chi connectivity index (χ3v) is 13.5. The van der Waals surface area contributed by atoms with Crippen LogP contribution in [0.3, 0.4) is 0 Å². The van der Waals surface area contributed by atoms with Gasteiger partial charge in [0.1, 0.15) is 5.75 Å². The SMILES string of the molecule is COc1ccc2c(c1)C1CC1(C(=O)N1C3CCCC1CN(C)C3)Cn1c-2c(C2CCCCC2)c2ccc(C(=O)NS(=O)(=O)N(C)C)cc21. The number of hydrogen-bond donors (Lipinski definition) is 1. The molecule has 10 nitrogen and oxygen atoms in total. The van der Waals surface area contributed by atoms with Crippen molar-refractivity contribution in [3.05, 3.63) is 53.1 Å². The largest absolute Gasteiger partial charge is 0.497 e.